The highest BCUT2D eigenvalue weighted by Crippen LogP contribution is 2.17. The number of rotatable bonds is 5. The van der Waals surface area contributed by atoms with Gasteiger partial charge in [-0.25, -0.2) is 4.98 Å². The van der Waals surface area contributed by atoms with Crippen molar-refractivity contribution < 1.29 is 4.74 Å². The number of thiazole rings is 1. The minimum absolute atomic E-state index is 0.307. The van der Waals surface area contributed by atoms with Crippen LogP contribution in [0.15, 0.2) is 30.0 Å². The van der Waals surface area contributed by atoms with Crippen LogP contribution in [0.25, 0.3) is 0 Å². The second-order valence-corrected chi connectivity index (χ2v) is 4.63. The van der Waals surface area contributed by atoms with E-state index in [9.17, 15) is 0 Å². The standard InChI is InChI=1S/C12H15N3OS/c1-9(11-7-13-8-17-11)15-6-10-3-4-14-12(5-10)16-2/h3-5,7-9,15H,6H2,1-2H3. The Morgan fingerprint density at radius 2 is 2.41 bits per heavy atom. The first-order chi connectivity index (χ1) is 8.29. The number of ether oxygens (including phenoxy) is 1. The van der Waals surface area contributed by atoms with E-state index in [0.717, 1.165) is 12.1 Å². The predicted octanol–water partition coefficient (Wildman–Crippen LogP) is 2.40. The molecule has 0 amide bonds. The summed E-state index contributed by atoms with van der Waals surface area (Å²) in [4.78, 5) is 9.39. The fourth-order valence-corrected chi connectivity index (χ4v) is 2.14. The van der Waals surface area contributed by atoms with Gasteiger partial charge in [0.25, 0.3) is 0 Å². The smallest absolute Gasteiger partial charge is 0.213 e. The van der Waals surface area contributed by atoms with Gasteiger partial charge in [0, 0.05) is 35.9 Å². The molecule has 90 valence electrons. The summed E-state index contributed by atoms with van der Waals surface area (Å²) in [6.45, 7) is 2.92. The molecule has 1 atom stereocenters. The van der Waals surface area contributed by atoms with Crippen molar-refractivity contribution >= 4 is 11.3 Å². The molecule has 5 heteroatoms. The quantitative estimate of drug-likeness (QED) is 0.884. The summed E-state index contributed by atoms with van der Waals surface area (Å²) in [6.07, 6.45) is 3.66. The Kier molecular flexibility index (Phi) is 4.06. The van der Waals surface area contributed by atoms with Gasteiger partial charge in [0.15, 0.2) is 0 Å². The van der Waals surface area contributed by atoms with Crippen molar-refractivity contribution in [2.45, 2.75) is 19.5 Å². The number of nitrogens with one attached hydrogen (secondary N) is 1. The summed E-state index contributed by atoms with van der Waals surface area (Å²) >= 11 is 1.66. The van der Waals surface area contributed by atoms with Gasteiger partial charge in [-0.3, -0.25) is 4.98 Å². The molecule has 0 bridgehead atoms. The molecule has 2 aromatic rings. The number of methoxy groups -OCH3 is 1. The topological polar surface area (TPSA) is 47.0 Å². The van der Waals surface area contributed by atoms with E-state index in [1.165, 1.54) is 4.88 Å². The van der Waals surface area contributed by atoms with Crippen LogP contribution in [0, 0.1) is 0 Å². The van der Waals surface area contributed by atoms with Gasteiger partial charge in [-0.15, -0.1) is 11.3 Å². The molecule has 0 aliphatic carbocycles. The highest BCUT2D eigenvalue weighted by Gasteiger charge is 2.06. The van der Waals surface area contributed by atoms with E-state index in [-0.39, 0.29) is 0 Å². The highest BCUT2D eigenvalue weighted by molar-refractivity contribution is 7.09. The molecule has 0 saturated heterocycles. The molecule has 0 spiro atoms. The second kappa shape index (κ2) is 5.75. The van der Waals surface area contributed by atoms with E-state index in [1.807, 2.05) is 23.8 Å². The maximum Gasteiger partial charge on any atom is 0.213 e. The first kappa shape index (κ1) is 12.0. The fourth-order valence-electron chi connectivity index (χ4n) is 1.48. The SMILES string of the molecule is COc1cc(CNC(C)c2cncs2)ccn1. The van der Waals surface area contributed by atoms with Crippen LogP contribution in [0.3, 0.4) is 0 Å². The summed E-state index contributed by atoms with van der Waals surface area (Å²) in [5.41, 5.74) is 3.01. The third kappa shape index (κ3) is 3.25. The van der Waals surface area contributed by atoms with E-state index < -0.39 is 0 Å². The van der Waals surface area contributed by atoms with Gasteiger partial charge < -0.3 is 10.1 Å². The molecular formula is C12H15N3OS. The molecule has 0 aromatic carbocycles. The minimum Gasteiger partial charge on any atom is -0.481 e. The number of hydrogen-bond acceptors (Lipinski definition) is 5. The first-order valence-electron chi connectivity index (χ1n) is 5.40. The first-order valence-corrected chi connectivity index (χ1v) is 6.28. The van der Waals surface area contributed by atoms with Gasteiger partial charge in [-0.2, -0.15) is 0 Å². The van der Waals surface area contributed by atoms with Crippen molar-refractivity contribution in [1.29, 1.82) is 0 Å². The Bertz CT molecular complexity index is 459. The summed E-state index contributed by atoms with van der Waals surface area (Å²) in [5, 5.41) is 3.44. The lowest BCUT2D eigenvalue weighted by Crippen LogP contribution is -2.17. The van der Waals surface area contributed by atoms with E-state index >= 15 is 0 Å². The monoisotopic (exact) mass is 249 g/mol. The van der Waals surface area contributed by atoms with Crippen molar-refractivity contribution in [1.82, 2.24) is 15.3 Å². The van der Waals surface area contributed by atoms with Gasteiger partial charge in [0.1, 0.15) is 0 Å². The third-order valence-corrected chi connectivity index (χ3v) is 3.46. The van der Waals surface area contributed by atoms with E-state index in [0.29, 0.717) is 11.9 Å². The maximum atomic E-state index is 5.09. The molecule has 17 heavy (non-hydrogen) atoms. The second-order valence-electron chi connectivity index (χ2n) is 3.71. The van der Waals surface area contributed by atoms with Crippen LogP contribution in [0.4, 0.5) is 0 Å². The lowest BCUT2D eigenvalue weighted by molar-refractivity contribution is 0.397. The fraction of sp³-hybridized carbons (Fsp3) is 0.333. The van der Waals surface area contributed by atoms with E-state index in [4.69, 9.17) is 4.74 Å². The van der Waals surface area contributed by atoms with Crippen LogP contribution >= 0.6 is 11.3 Å². The Morgan fingerprint density at radius 1 is 1.53 bits per heavy atom. The minimum atomic E-state index is 0.307. The Balaban J connectivity index is 1.93. The molecule has 2 rings (SSSR count). The highest BCUT2D eigenvalue weighted by atomic mass is 32.1. The van der Waals surface area contributed by atoms with Crippen LogP contribution in [0.1, 0.15) is 23.4 Å². The summed E-state index contributed by atoms with van der Waals surface area (Å²) in [6, 6.07) is 4.23. The van der Waals surface area contributed by atoms with Crippen molar-refractivity contribution in [2.24, 2.45) is 0 Å². The Morgan fingerprint density at radius 3 is 3.12 bits per heavy atom. The summed E-state index contributed by atoms with van der Waals surface area (Å²) < 4.78 is 5.09. The number of pyridine rings is 1. The molecule has 2 heterocycles. The Labute approximate surface area is 105 Å². The summed E-state index contributed by atoms with van der Waals surface area (Å²) in [7, 11) is 1.62. The molecule has 4 nitrogen and oxygen atoms in total. The zero-order valence-electron chi connectivity index (χ0n) is 9.88. The Hall–Kier alpha value is -1.46. The van der Waals surface area contributed by atoms with Crippen LogP contribution in [0.2, 0.25) is 0 Å². The lowest BCUT2D eigenvalue weighted by Gasteiger charge is -2.11. The third-order valence-electron chi connectivity index (χ3n) is 2.50. The lowest BCUT2D eigenvalue weighted by atomic mass is 10.2. The predicted molar refractivity (Wildman–Crippen MR) is 68.2 cm³/mol. The molecule has 0 fully saturated rings. The molecule has 1 N–H and O–H groups in total. The molecule has 0 aliphatic heterocycles. The van der Waals surface area contributed by atoms with Crippen LogP contribution in [-0.2, 0) is 6.54 Å². The normalized spacial score (nSPS) is 12.4. The molecule has 2 aromatic heterocycles. The van der Waals surface area contributed by atoms with Gasteiger partial charge in [-0.05, 0) is 18.6 Å². The zero-order valence-corrected chi connectivity index (χ0v) is 10.7. The zero-order chi connectivity index (χ0) is 12.1. The largest absolute Gasteiger partial charge is 0.481 e. The molecule has 0 saturated carbocycles. The van der Waals surface area contributed by atoms with Gasteiger partial charge >= 0.3 is 0 Å². The molecule has 0 aliphatic rings. The molecular weight excluding hydrogens is 234 g/mol. The van der Waals surface area contributed by atoms with Crippen molar-refractivity contribution in [3.8, 4) is 5.88 Å². The number of nitrogens with zero attached hydrogens (tertiary/aromatic N) is 2. The van der Waals surface area contributed by atoms with Crippen LogP contribution in [0.5, 0.6) is 5.88 Å². The average Bonchev–Trinajstić information content (AvgIpc) is 2.90. The van der Waals surface area contributed by atoms with Crippen LogP contribution < -0.4 is 10.1 Å². The van der Waals surface area contributed by atoms with Gasteiger partial charge in [0.05, 0.1) is 12.6 Å². The van der Waals surface area contributed by atoms with Crippen molar-refractivity contribution in [3.05, 3.63) is 40.5 Å². The number of aromatic nitrogens is 2. The van der Waals surface area contributed by atoms with Crippen LogP contribution in [-0.4, -0.2) is 17.1 Å². The average molecular weight is 249 g/mol. The van der Waals surface area contributed by atoms with Gasteiger partial charge in [-0.1, -0.05) is 0 Å². The number of hydrogen-bond donors (Lipinski definition) is 1. The van der Waals surface area contributed by atoms with Gasteiger partial charge in [0.2, 0.25) is 5.88 Å². The molecule has 1 unspecified atom stereocenters. The van der Waals surface area contributed by atoms with Crippen molar-refractivity contribution in [2.75, 3.05) is 7.11 Å². The summed E-state index contributed by atoms with van der Waals surface area (Å²) in [5.74, 6) is 0.648. The van der Waals surface area contributed by atoms with E-state index in [2.05, 4.69) is 22.2 Å². The molecule has 0 radical (unpaired) electrons. The van der Waals surface area contributed by atoms with E-state index in [1.54, 1.807) is 24.6 Å². The maximum absolute atomic E-state index is 5.09. The van der Waals surface area contributed by atoms with Crippen molar-refractivity contribution in [3.63, 3.8) is 0 Å².